The number of hydrogen-bond acceptors (Lipinski definition) is 5. The number of aryl methyl sites for hydroxylation is 1. The third kappa shape index (κ3) is 6.44. The van der Waals surface area contributed by atoms with Crippen LogP contribution in [0.3, 0.4) is 0 Å². The molecule has 1 aromatic carbocycles. The molecule has 1 heterocycles. The molecule has 1 atom stereocenters. The van der Waals surface area contributed by atoms with Gasteiger partial charge in [-0.05, 0) is 38.5 Å². The number of hydrogen-bond donors (Lipinski definition) is 1. The van der Waals surface area contributed by atoms with Crippen molar-refractivity contribution >= 4 is 29.6 Å². The highest BCUT2D eigenvalue weighted by molar-refractivity contribution is 6.31. The van der Waals surface area contributed by atoms with Gasteiger partial charge >= 0.3 is 5.97 Å². The fourth-order valence-electron chi connectivity index (χ4n) is 2.73. The summed E-state index contributed by atoms with van der Waals surface area (Å²) >= 11 is 6.23. The number of aromatic nitrogens is 2. The number of carbonyl (C=O) groups is 2. The molecule has 1 N–H and O–H groups in total. The summed E-state index contributed by atoms with van der Waals surface area (Å²) in [5.41, 5.74) is 3.47. The standard InChI is InChI=1S/C21H26ClN3O4/c1-14-18(9-10-20(26)29-16(3)21(27)23-11-12-28-4)15(2)25(24-14)13-17-7-5-6-8-19(17)22/h5-10,16H,11-13H2,1-4H3,(H,23,27)/b10-9+/t16-/m0/s1. The van der Waals surface area contributed by atoms with Crippen LogP contribution in [0.2, 0.25) is 5.02 Å². The predicted octanol–water partition coefficient (Wildman–Crippen LogP) is 2.91. The summed E-state index contributed by atoms with van der Waals surface area (Å²) in [6, 6.07) is 7.60. The van der Waals surface area contributed by atoms with Crippen molar-refractivity contribution in [1.29, 1.82) is 0 Å². The Bertz CT molecular complexity index is 892. The first-order valence-corrected chi connectivity index (χ1v) is 9.64. The number of rotatable bonds is 9. The lowest BCUT2D eigenvalue weighted by Crippen LogP contribution is -2.37. The second-order valence-corrected chi connectivity index (χ2v) is 6.94. The van der Waals surface area contributed by atoms with E-state index in [4.69, 9.17) is 21.1 Å². The van der Waals surface area contributed by atoms with Crippen molar-refractivity contribution in [3.63, 3.8) is 0 Å². The summed E-state index contributed by atoms with van der Waals surface area (Å²) in [6.07, 6.45) is 2.06. The van der Waals surface area contributed by atoms with E-state index in [2.05, 4.69) is 10.4 Å². The molecule has 0 saturated carbocycles. The van der Waals surface area contributed by atoms with Crippen LogP contribution in [-0.2, 0) is 25.6 Å². The largest absolute Gasteiger partial charge is 0.449 e. The van der Waals surface area contributed by atoms with Crippen molar-refractivity contribution in [2.45, 2.75) is 33.4 Å². The number of nitrogens with one attached hydrogen (secondary N) is 1. The molecule has 0 aliphatic carbocycles. The zero-order valence-corrected chi connectivity index (χ0v) is 17.8. The van der Waals surface area contributed by atoms with Gasteiger partial charge in [-0.25, -0.2) is 4.79 Å². The molecular formula is C21H26ClN3O4. The summed E-state index contributed by atoms with van der Waals surface area (Å²) in [7, 11) is 1.54. The first-order valence-electron chi connectivity index (χ1n) is 9.26. The smallest absolute Gasteiger partial charge is 0.331 e. The zero-order valence-electron chi connectivity index (χ0n) is 17.1. The molecule has 2 aromatic rings. The minimum Gasteiger partial charge on any atom is -0.449 e. The van der Waals surface area contributed by atoms with Gasteiger partial charge in [-0.1, -0.05) is 29.8 Å². The van der Waals surface area contributed by atoms with Crippen molar-refractivity contribution in [2.75, 3.05) is 20.3 Å². The molecule has 0 saturated heterocycles. The molecular weight excluding hydrogens is 394 g/mol. The van der Waals surface area contributed by atoms with Crippen molar-refractivity contribution in [3.05, 3.63) is 57.9 Å². The van der Waals surface area contributed by atoms with Gasteiger partial charge in [0.25, 0.3) is 5.91 Å². The Morgan fingerprint density at radius 2 is 2.03 bits per heavy atom. The molecule has 0 unspecified atom stereocenters. The molecule has 1 amide bonds. The molecule has 7 nitrogen and oxygen atoms in total. The van der Waals surface area contributed by atoms with Gasteiger partial charge in [0, 0.05) is 36.0 Å². The highest BCUT2D eigenvalue weighted by Crippen LogP contribution is 2.20. The SMILES string of the molecule is COCCNC(=O)[C@H](C)OC(=O)/C=C/c1c(C)nn(Cc2ccccc2Cl)c1C. The maximum Gasteiger partial charge on any atom is 0.331 e. The fraction of sp³-hybridized carbons (Fsp3) is 0.381. The summed E-state index contributed by atoms with van der Waals surface area (Å²) in [5.74, 6) is -0.972. The van der Waals surface area contributed by atoms with Crippen molar-refractivity contribution in [1.82, 2.24) is 15.1 Å². The monoisotopic (exact) mass is 419 g/mol. The van der Waals surface area contributed by atoms with E-state index in [1.807, 2.05) is 42.8 Å². The Balaban J connectivity index is 2.01. The topological polar surface area (TPSA) is 82.4 Å². The van der Waals surface area contributed by atoms with Crippen molar-refractivity contribution < 1.29 is 19.1 Å². The number of amides is 1. The lowest BCUT2D eigenvalue weighted by Gasteiger charge is -2.11. The van der Waals surface area contributed by atoms with Gasteiger partial charge in [-0.3, -0.25) is 9.48 Å². The molecule has 0 bridgehead atoms. The lowest BCUT2D eigenvalue weighted by atomic mass is 10.1. The van der Waals surface area contributed by atoms with Gasteiger partial charge in [0.1, 0.15) is 0 Å². The number of nitrogens with zero attached hydrogens (tertiary/aromatic N) is 2. The normalized spacial score (nSPS) is 12.2. The molecule has 0 spiro atoms. The van der Waals surface area contributed by atoms with E-state index in [9.17, 15) is 9.59 Å². The molecule has 156 valence electrons. The number of benzene rings is 1. The molecule has 2 rings (SSSR count). The van der Waals surface area contributed by atoms with E-state index in [-0.39, 0.29) is 5.91 Å². The molecule has 8 heteroatoms. The molecule has 0 aliphatic heterocycles. The number of ether oxygens (including phenoxy) is 2. The molecule has 1 aromatic heterocycles. The van der Waals surface area contributed by atoms with Crippen LogP contribution in [0.15, 0.2) is 30.3 Å². The minimum atomic E-state index is -0.894. The zero-order chi connectivity index (χ0) is 21.4. The Morgan fingerprint density at radius 3 is 2.72 bits per heavy atom. The van der Waals surface area contributed by atoms with E-state index < -0.39 is 12.1 Å². The minimum absolute atomic E-state index is 0.357. The summed E-state index contributed by atoms with van der Waals surface area (Å²) < 4.78 is 11.8. The number of carbonyl (C=O) groups excluding carboxylic acids is 2. The average molecular weight is 420 g/mol. The third-order valence-electron chi connectivity index (χ3n) is 4.37. The Morgan fingerprint density at radius 1 is 1.31 bits per heavy atom. The average Bonchev–Trinajstić information content (AvgIpc) is 2.95. The maximum atomic E-state index is 12.1. The lowest BCUT2D eigenvalue weighted by molar-refractivity contribution is -0.150. The fourth-order valence-corrected chi connectivity index (χ4v) is 2.93. The van der Waals surface area contributed by atoms with E-state index in [1.165, 1.54) is 13.0 Å². The van der Waals surface area contributed by atoms with E-state index in [0.717, 1.165) is 22.5 Å². The Hall–Kier alpha value is -2.64. The van der Waals surface area contributed by atoms with Gasteiger partial charge in [0.2, 0.25) is 0 Å². The molecule has 0 radical (unpaired) electrons. The molecule has 29 heavy (non-hydrogen) atoms. The van der Waals surface area contributed by atoms with Crippen LogP contribution in [-0.4, -0.2) is 48.0 Å². The predicted molar refractivity (Wildman–Crippen MR) is 112 cm³/mol. The maximum absolute atomic E-state index is 12.1. The van der Waals surface area contributed by atoms with Crippen LogP contribution in [0.1, 0.15) is 29.4 Å². The van der Waals surface area contributed by atoms with Crippen molar-refractivity contribution in [3.8, 4) is 0 Å². The first kappa shape index (κ1) is 22.6. The van der Waals surface area contributed by atoms with E-state index in [0.29, 0.717) is 24.7 Å². The van der Waals surface area contributed by atoms with Crippen LogP contribution in [0.5, 0.6) is 0 Å². The Kier molecular flexibility index (Phi) is 8.42. The third-order valence-corrected chi connectivity index (χ3v) is 4.74. The van der Waals surface area contributed by atoms with E-state index in [1.54, 1.807) is 13.2 Å². The van der Waals surface area contributed by atoms with Gasteiger partial charge in [-0.2, -0.15) is 5.10 Å². The second-order valence-electron chi connectivity index (χ2n) is 6.53. The number of halogens is 1. The van der Waals surface area contributed by atoms with E-state index >= 15 is 0 Å². The quantitative estimate of drug-likeness (QED) is 0.384. The van der Waals surface area contributed by atoms with Crippen LogP contribution >= 0.6 is 11.6 Å². The van der Waals surface area contributed by atoms with Crippen LogP contribution in [0.25, 0.3) is 6.08 Å². The number of esters is 1. The van der Waals surface area contributed by atoms with Gasteiger partial charge < -0.3 is 14.8 Å². The second kappa shape index (κ2) is 10.8. The number of methoxy groups -OCH3 is 1. The van der Waals surface area contributed by atoms with Gasteiger partial charge in [0.05, 0.1) is 18.8 Å². The van der Waals surface area contributed by atoms with Crippen LogP contribution in [0.4, 0.5) is 0 Å². The van der Waals surface area contributed by atoms with Crippen LogP contribution < -0.4 is 5.32 Å². The van der Waals surface area contributed by atoms with Crippen LogP contribution in [0, 0.1) is 13.8 Å². The summed E-state index contributed by atoms with van der Waals surface area (Å²) in [5, 5.41) is 7.84. The highest BCUT2D eigenvalue weighted by atomic mass is 35.5. The highest BCUT2D eigenvalue weighted by Gasteiger charge is 2.16. The summed E-state index contributed by atoms with van der Waals surface area (Å²) in [4.78, 5) is 23.9. The Labute approximate surface area is 175 Å². The first-order chi connectivity index (χ1) is 13.8. The molecule has 0 fully saturated rings. The van der Waals surface area contributed by atoms with Crippen molar-refractivity contribution in [2.24, 2.45) is 0 Å². The van der Waals surface area contributed by atoms with Gasteiger partial charge in [0.15, 0.2) is 6.10 Å². The molecule has 0 aliphatic rings. The van der Waals surface area contributed by atoms with Gasteiger partial charge in [-0.15, -0.1) is 0 Å². The summed E-state index contributed by atoms with van der Waals surface area (Å²) in [6.45, 7) is 6.59.